The fourth-order valence-corrected chi connectivity index (χ4v) is 5.59. The van der Waals surface area contributed by atoms with Crippen molar-refractivity contribution < 1.29 is 17.6 Å². The first-order valence-corrected chi connectivity index (χ1v) is 12.0. The Bertz CT molecular complexity index is 1100. The number of aromatic nitrogens is 2. The third kappa shape index (κ3) is 4.30. The third-order valence-electron chi connectivity index (χ3n) is 5.26. The van der Waals surface area contributed by atoms with E-state index in [1.807, 2.05) is 17.5 Å². The number of carbonyl (C=O) groups excluding carboxylic acids is 1. The molecule has 10 heteroatoms. The normalized spacial score (nSPS) is 15.4. The minimum Gasteiger partial charge on any atom is -0.402 e. The number of hydrogen-bond acceptors (Lipinski definition) is 7. The maximum Gasteiger partial charge on any atom is 0.322 e. The molecule has 3 aromatic rings. The van der Waals surface area contributed by atoms with Crippen LogP contribution in [0, 0.1) is 0 Å². The van der Waals surface area contributed by atoms with Crippen molar-refractivity contribution >= 4 is 33.3 Å². The van der Waals surface area contributed by atoms with Crippen LogP contribution in [0.1, 0.15) is 42.5 Å². The van der Waals surface area contributed by atoms with Gasteiger partial charge in [-0.2, -0.15) is 4.31 Å². The van der Waals surface area contributed by atoms with Gasteiger partial charge in [0.1, 0.15) is 0 Å². The van der Waals surface area contributed by atoms with E-state index in [0.29, 0.717) is 11.5 Å². The Labute approximate surface area is 179 Å². The summed E-state index contributed by atoms with van der Waals surface area (Å²) in [6.45, 7) is 0. The highest BCUT2D eigenvalue weighted by Gasteiger charge is 2.29. The molecule has 0 radical (unpaired) electrons. The van der Waals surface area contributed by atoms with E-state index in [4.69, 9.17) is 4.42 Å². The topological polar surface area (TPSA) is 105 Å². The number of carbonyl (C=O) groups is 1. The zero-order valence-corrected chi connectivity index (χ0v) is 18.1. The Morgan fingerprint density at radius 3 is 2.53 bits per heavy atom. The zero-order valence-electron chi connectivity index (χ0n) is 16.4. The lowest BCUT2D eigenvalue weighted by molar-refractivity contribution is 0.102. The number of anilines is 1. The lowest BCUT2D eigenvalue weighted by Crippen LogP contribution is -2.38. The van der Waals surface area contributed by atoms with Crippen LogP contribution < -0.4 is 5.32 Å². The molecule has 8 nitrogen and oxygen atoms in total. The molecule has 0 bridgehead atoms. The lowest BCUT2D eigenvalue weighted by Gasteiger charge is -2.30. The van der Waals surface area contributed by atoms with Gasteiger partial charge in [-0.3, -0.25) is 10.1 Å². The number of nitrogens with zero attached hydrogens (tertiary/aromatic N) is 3. The summed E-state index contributed by atoms with van der Waals surface area (Å²) in [5.41, 5.74) is 0.296. The van der Waals surface area contributed by atoms with Crippen molar-refractivity contribution in [3.63, 3.8) is 0 Å². The quantitative estimate of drug-likeness (QED) is 0.613. The van der Waals surface area contributed by atoms with Crippen molar-refractivity contribution in [2.75, 3.05) is 12.4 Å². The van der Waals surface area contributed by atoms with Crippen LogP contribution in [0.2, 0.25) is 0 Å². The van der Waals surface area contributed by atoms with Crippen molar-refractivity contribution in [2.24, 2.45) is 0 Å². The summed E-state index contributed by atoms with van der Waals surface area (Å²) in [5, 5.41) is 12.2. The molecule has 158 valence electrons. The van der Waals surface area contributed by atoms with Gasteiger partial charge in [0.15, 0.2) is 0 Å². The maximum atomic E-state index is 12.9. The Balaban J connectivity index is 1.44. The predicted molar refractivity (Wildman–Crippen MR) is 114 cm³/mol. The standard InChI is InChI=1S/C20H22N4O4S2/c1-24(15-6-3-2-4-7-15)30(26,27)16-11-9-14(10-12-16)18(25)21-20-23-22-19(28-20)17-8-5-13-29-17/h5,8-13,15H,2-4,6-7H2,1H3,(H,21,23,25). The smallest absolute Gasteiger partial charge is 0.322 e. The summed E-state index contributed by atoms with van der Waals surface area (Å²) in [5.74, 6) is -0.131. The summed E-state index contributed by atoms with van der Waals surface area (Å²) in [6.07, 6.45) is 5.02. The van der Waals surface area contributed by atoms with Crippen LogP contribution in [0.3, 0.4) is 0 Å². The Hall–Kier alpha value is -2.56. The number of rotatable bonds is 6. The molecular formula is C20H22N4O4S2. The van der Waals surface area contributed by atoms with Crippen LogP contribution in [-0.2, 0) is 10.0 Å². The summed E-state index contributed by atoms with van der Waals surface area (Å²) in [6, 6.07) is 9.58. The van der Waals surface area contributed by atoms with Gasteiger partial charge in [-0.05, 0) is 48.6 Å². The molecule has 0 aliphatic heterocycles. The molecule has 1 aliphatic rings. The van der Waals surface area contributed by atoms with Crippen LogP contribution >= 0.6 is 11.3 Å². The fourth-order valence-electron chi connectivity index (χ4n) is 3.53. The molecule has 1 N–H and O–H groups in total. The van der Waals surface area contributed by atoms with Gasteiger partial charge in [-0.15, -0.1) is 16.4 Å². The van der Waals surface area contributed by atoms with Crippen molar-refractivity contribution in [3.05, 3.63) is 47.3 Å². The number of thiophene rings is 1. The molecule has 2 aromatic heterocycles. The number of hydrogen-bond donors (Lipinski definition) is 1. The van der Waals surface area contributed by atoms with Gasteiger partial charge in [-0.25, -0.2) is 8.42 Å². The van der Waals surface area contributed by atoms with Gasteiger partial charge in [-0.1, -0.05) is 30.4 Å². The van der Waals surface area contributed by atoms with Gasteiger partial charge >= 0.3 is 6.01 Å². The summed E-state index contributed by atoms with van der Waals surface area (Å²) >= 11 is 1.45. The molecule has 0 unspecified atom stereocenters. The minimum absolute atomic E-state index is 0.0165. The van der Waals surface area contributed by atoms with Crippen LogP contribution in [0.25, 0.3) is 10.8 Å². The van der Waals surface area contributed by atoms with Crippen molar-refractivity contribution in [3.8, 4) is 10.8 Å². The van der Waals surface area contributed by atoms with Crippen molar-refractivity contribution in [2.45, 2.75) is 43.0 Å². The van der Waals surface area contributed by atoms with E-state index in [0.717, 1.165) is 37.0 Å². The summed E-state index contributed by atoms with van der Waals surface area (Å²) in [7, 11) is -1.97. The monoisotopic (exact) mass is 446 g/mol. The summed E-state index contributed by atoms with van der Waals surface area (Å²) < 4.78 is 32.7. The van der Waals surface area contributed by atoms with Crippen LogP contribution in [-0.4, -0.2) is 41.9 Å². The van der Waals surface area contributed by atoms with E-state index < -0.39 is 15.9 Å². The number of amides is 1. The van der Waals surface area contributed by atoms with E-state index in [2.05, 4.69) is 15.5 Å². The third-order valence-corrected chi connectivity index (χ3v) is 8.04. The van der Waals surface area contributed by atoms with E-state index in [-0.39, 0.29) is 17.0 Å². The second kappa shape index (κ2) is 8.66. The van der Waals surface area contributed by atoms with Gasteiger partial charge < -0.3 is 4.42 Å². The predicted octanol–water partition coefficient (Wildman–Crippen LogP) is 4.00. The number of nitrogens with one attached hydrogen (secondary N) is 1. The lowest BCUT2D eigenvalue weighted by atomic mass is 9.96. The molecule has 1 fully saturated rings. The first kappa shape index (κ1) is 20.7. The van der Waals surface area contributed by atoms with Crippen LogP contribution in [0.4, 0.5) is 6.01 Å². The molecule has 1 saturated carbocycles. The van der Waals surface area contributed by atoms with E-state index >= 15 is 0 Å². The van der Waals surface area contributed by atoms with Gasteiger partial charge in [0.25, 0.3) is 11.8 Å². The highest BCUT2D eigenvalue weighted by atomic mass is 32.2. The maximum absolute atomic E-state index is 12.9. The largest absolute Gasteiger partial charge is 0.402 e. The van der Waals surface area contributed by atoms with E-state index in [1.54, 1.807) is 7.05 Å². The zero-order chi connectivity index (χ0) is 21.1. The Morgan fingerprint density at radius 2 is 1.87 bits per heavy atom. The van der Waals surface area contributed by atoms with E-state index in [9.17, 15) is 13.2 Å². The van der Waals surface area contributed by atoms with Gasteiger partial charge in [0, 0.05) is 18.7 Å². The SMILES string of the molecule is CN(C1CCCCC1)S(=O)(=O)c1ccc(C(=O)Nc2nnc(-c3cccs3)o2)cc1. The Kier molecular flexibility index (Phi) is 5.98. The van der Waals surface area contributed by atoms with Gasteiger partial charge in [0.2, 0.25) is 10.0 Å². The highest BCUT2D eigenvalue weighted by molar-refractivity contribution is 7.89. The highest BCUT2D eigenvalue weighted by Crippen LogP contribution is 2.27. The second-order valence-electron chi connectivity index (χ2n) is 7.18. The van der Waals surface area contributed by atoms with Gasteiger partial charge in [0.05, 0.1) is 9.77 Å². The number of sulfonamides is 1. The molecule has 1 amide bonds. The summed E-state index contributed by atoms with van der Waals surface area (Å²) in [4.78, 5) is 13.4. The first-order valence-electron chi connectivity index (χ1n) is 9.72. The average molecular weight is 447 g/mol. The molecule has 0 atom stereocenters. The molecule has 4 rings (SSSR count). The molecule has 0 saturated heterocycles. The van der Waals surface area contributed by atoms with Crippen molar-refractivity contribution in [1.82, 2.24) is 14.5 Å². The Morgan fingerprint density at radius 1 is 1.13 bits per heavy atom. The minimum atomic E-state index is -3.60. The van der Waals surface area contributed by atoms with Crippen molar-refractivity contribution in [1.29, 1.82) is 0 Å². The van der Waals surface area contributed by atoms with Crippen LogP contribution in [0.15, 0.2) is 51.1 Å². The molecule has 0 spiro atoms. The number of benzene rings is 1. The van der Waals surface area contributed by atoms with Crippen LogP contribution in [0.5, 0.6) is 0 Å². The second-order valence-corrected chi connectivity index (χ2v) is 10.1. The fraction of sp³-hybridized carbons (Fsp3) is 0.350. The first-order chi connectivity index (χ1) is 14.4. The molecule has 1 aliphatic carbocycles. The average Bonchev–Trinajstić information content (AvgIpc) is 3.46. The molecular weight excluding hydrogens is 424 g/mol. The van der Waals surface area contributed by atoms with E-state index in [1.165, 1.54) is 39.9 Å². The molecule has 2 heterocycles. The molecule has 1 aromatic carbocycles. The molecule has 30 heavy (non-hydrogen) atoms.